The van der Waals surface area contributed by atoms with Crippen LogP contribution in [0.25, 0.3) is 0 Å². The molecule has 0 N–H and O–H groups in total. The molecule has 6 nitrogen and oxygen atoms in total. The standard InChI is InChI=1S/C27H27N3O3/c1-19-9-11-24-22(16-19)26(28-23-10-8-20(2)17-25(23)33-24)29-12-14-30(15-13-29)27(31)32-18-21-6-4-3-5-7-21/h3-11,16-17H,12-15,18H2,1-2H3. The molecule has 0 unspecified atom stereocenters. The van der Waals surface area contributed by atoms with Crippen LogP contribution in [0.3, 0.4) is 0 Å². The summed E-state index contributed by atoms with van der Waals surface area (Å²) in [7, 11) is 0. The van der Waals surface area contributed by atoms with Gasteiger partial charge in [-0.05, 0) is 49.2 Å². The molecule has 0 aliphatic carbocycles. The average Bonchev–Trinajstić information content (AvgIpc) is 2.99. The maximum absolute atomic E-state index is 12.6. The minimum absolute atomic E-state index is 0.276. The van der Waals surface area contributed by atoms with Crippen molar-refractivity contribution < 1.29 is 14.3 Å². The Bertz CT molecular complexity index is 1200. The largest absolute Gasteiger partial charge is 0.454 e. The van der Waals surface area contributed by atoms with E-state index in [9.17, 15) is 4.79 Å². The Labute approximate surface area is 194 Å². The average molecular weight is 442 g/mol. The number of aliphatic imine (C=N–C) groups is 1. The fourth-order valence-electron chi connectivity index (χ4n) is 4.15. The Morgan fingerprint density at radius 2 is 1.64 bits per heavy atom. The Hall–Kier alpha value is -3.80. The number of amidine groups is 1. The van der Waals surface area contributed by atoms with Crippen LogP contribution in [0, 0.1) is 13.8 Å². The Kier molecular flexibility index (Phi) is 5.73. The van der Waals surface area contributed by atoms with Crippen LogP contribution < -0.4 is 4.74 Å². The molecule has 3 aromatic rings. The number of nitrogens with zero attached hydrogens (tertiary/aromatic N) is 3. The van der Waals surface area contributed by atoms with Crippen LogP contribution in [0.15, 0.2) is 71.7 Å². The van der Waals surface area contributed by atoms with Crippen molar-refractivity contribution in [3.63, 3.8) is 0 Å². The number of hydrogen-bond acceptors (Lipinski definition) is 5. The van der Waals surface area contributed by atoms with Gasteiger partial charge >= 0.3 is 6.09 Å². The predicted octanol–water partition coefficient (Wildman–Crippen LogP) is 5.44. The van der Waals surface area contributed by atoms with Crippen LogP contribution in [0.4, 0.5) is 10.5 Å². The minimum Gasteiger partial charge on any atom is -0.454 e. The van der Waals surface area contributed by atoms with Gasteiger partial charge in [-0.1, -0.05) is 48.0 Å². The first-order valence-electron chi connectivity index (χ1n) is 11.3. The second kappa shape index (κ2) is 8.98. The number of carbonyl (C=O) groups excluding carboxylic acids is 1. The van der Waals surface area contributed by atoms with Crippen molar-refractivity contribution in [2.75, 3.05) is 26.2 Å². The summed E-state index contributed by atoms with van der Waals surface area (Å²) in [5.74, 6) is 2.44. The van der Waals surface area contributed by atoms with Gasteiger partial charge in [-0.15, -0.1) is 0 Å². The van der Waals surface area contributed by atoms with E-state index in [1.165, 1.54) is 0 Å². The lowest BCUT2D eigenvalue weighted by Crippen LogP contribution is -2.50. The topological polar surface area (TPSA) is 54.4 Å². The smallest absolute Gasteiger partial charge is 0.410 e. The lowest BCUT2D eigenvalue weighted by atomic mass is 10.1. The molecular formula is C27H27N3O3. The predicted molar refractivity (Wildman–Crippen MR) is 128 cm³/mol. The number of benzene rings is 3. The number of piperazine rings is 1. The molecule has 1 amide bonds. The van der Waals surface area contributed by atoms with Crippen molar-refractivity contribution in [2.45, 2.75) is 20.5 Å². The quantitative estimate of drug-likeness (QED) is 0.531. The molecule has 2 aliphatic heterocycles. The molecule has 5 rings (SSSR count). The molecule has 1 fully saturated rings. The second-order valence-electron chi connectivity index (χ2n) is 8.52. The van der Waals surface area contributed by atoms with Gasteiger partial charge in [0.15, 0.2) is 5.75 Å². The highest BCUT2D eigenvalue weighted by Crippen LogP contribution is 2.39. The second-order valence-corrected chi connectivity index (χ2v) is 8.52. The van der Waals surface area contributed by atoms with Crippen molar-refractivity contribution in [3.05, 3.63) is 89.0 Å². The van der Waals surface area contributed by atoms with Gasteiger partial charge in [0.25, 0.3) is 0 Å². The van der Waals surface area contributed by atoms with E-state index in [0.29, 0.717) is 26.2 Å². The molecule has 168 valence electrons. The van der Waals surface area contributed by atoms with Crippen LogP contribution in [0.1, 0.15) is 22.3 Å². The number of hydrogen-bond donors (Lipinski definition) is 0. The van der Waals surface area contributed by atoms with E-state index in [1.54, 1.807) is 4.90 Å². The number of carbonyl (C=O) groups is 1. The van der Waals surface area contributed by atoms with Gasteiger partial charge in [-0.3, -0.25) is 0 Å². The number of fused-ring (bicyclic) bond motifs is 2. The fraction of sp³-hybridized carbons (Fsp3) is 0.259. The monoisotopic (exact) mass is 441 g/mol. The minimum atomic E-state index is -0.276. The van der Waals surface area contributed by atoms with Crippen LogP contribution >= 0.6 is 0 Å². The summed E-state index contributed by atoms with van der Waals surface area (Å²) in [4.78, 5) is 21.6. The molecule has 0 spiro atoms. The van der Waals surface area contributed by atoms with Crippen LogP contribution in [0.2, 0.25) is 0 Å². The van der Waals surface area contributed by atoms with E-state index in [1.807, 2.05) is 61.5 Å². The summed E-state index contributed by atoms with van der Waals surface area (Å²) < 4.78 is 11.8. The van der Waals surface area contributed by atoms with Crippen LogP contribution in [0.5, 0.6) is 11.5 Å². The lowest BCUT2D eigenvalue weighted by molar-refractivity contribution is 0.0826. The third kappa shape index (κ3) is 4.55. The van der Waals surface area contributed by atoms with Gasteiger partial charge in [-0.25, -0.2) is 9.79 Å². The number of rotatable bonds is 2. The highest BCUT2D eigenvalue weighted by atomic mass is 16.6. The first-order valence-corrected chi connectivity index (χ1v) is 11.3. The summed E-state index contributed by atoms with van der Waals surface area (Å²) in [5, 5.41) is 0. The number of aryl methyl sites for hydroxylation is 2. The Morgan fingerprint density at radius 1 is 0.909 bits per heavy atom. The summed E-state index contributed by atoms with van der Waals surface area (Å²) in [5.41, 5.74) is 5.05. The molecule has 3 aromatic carbocycles. The molecule has 0 aromatic heterocycles. The molecule has 0 radical (unpaired) electrons. The SMILES string of the molecule is Cc1ccc2c(c1)Oc1ccc(C)cc1C(N1CCN(C(=O)OCc3ccccc3)CC1)=N2. The maximum atomic E-state index is 12.6. The van der Waals surface area contributed by atoms with E-state index < -0.39 is 0 Å². The van der Waals surface area contributed by atoms with Gasteiger partial charge in [-0.2, -0.15) is 0 Å². The molecule has 2 aliphatic rings. The first-order chi connectivity index (χ1) is 16.1. The van der Waals surface area contributed by atoms with E-state index in [0.717, 1.165) is 45.3 Å². The molecule has 2 heterocycles. The van der Waals surface area contributed by atoms with E-state index >= 15 is 0 Å². The van der Waals surface area contributed by atoms with E-state index in [4.69, 9.17) is 14.5 Å². The summed E-state index contributed by atoms with van der Waals surface area (Å²) in [6.45, 7) is 6.91. The molecule has 0 bridgehead atoms. The van der Waals surface area contributed by atoms with Crippen molar-refractivity contribution >= 4 is 17.6 Å². The number of amides is 1. The van der Waals surface area contributed by atoms with Crippen LogP contribution in [-0.4, -0.2) is 47.9 Å². The Balaban J connectivity index is 1.33. The zero-order valence-corrected chi connectivity index (χ0v) is 19.0. The Morgan fingerprint density at radius 3 is 2.42 bits per heavy atom. The zero-order valence-electron chi connectivity index (χ0n) is 19.0. The van der Waals surface area contributed by atoms with Crippen molar-refractivity contribution in [2.24, 2.45) is 4.99 Å². The van der Waals surface area contributed by atoms with Gasteiger partial charge in [0.05, 0.1) is 5.56 Å². The van der Waals surface area contributed by atoms with Crippen molar-refractivity contribution in [1.82, 2.24) is 9.80 Å². The summed E-state index contributed by atoms with van der Waals surface area (Å²) in [6, 6.07) is 22.0. The molecule has 6 heteroatoms. The maximum Gasteiger partial charge on any atom is 0.410 e. The zero-order chi connectivity index (χ0) is 22.8. The molecule has 0 atom stereocenters. The molecule has 0 saturated carbocycles. The molecular weight excluding hydrogens is 414 g/mol. The summed E-state index contributed by atoms with van der Waals surface area (Å²) in [6.07, 6.45) is -0.276. The van der Waals surface area contributed by atoms with E-state index in [2.05, 4.69) is 24.0 Å². The highest BCUT2D eigenvalue weighted by molar-refractivity contribution is 6.04. The van der Waals surface area contributed by atoms with Gasteiger partial charge in [0.2, 0.25) is 0 Å². The lowest BCUT2D eigenvalue weighted by Gasteiger charge is -2.36. The van der Waals surface area contributed by atoms with Gasteiger partial charge in [0.1, 0.15) is 23.9 Å². The fourth-order valence-corrected chi connectivity index (χ4v) is 4.15. The molecule has 33 heavy (non-hydrogen) atoms. The van der Waals surface area contributed by atoms with Crippen molar-refractivity contribution in [3.8, 4) is 11.5 Å². The summed E-state index contributed by atoms with van der Waals surface area (Å²) >= 11 is 0. The first kappa shape index (κ1) is 21.1. The third-order valence-electron chi connectivity index (χ3n) is 5.98. The van der Waals surface area contributed by atoms with Gasteiger partial charge < -0.3 is 19.3 Å². The highest BCUT2D eigenvalue weighted by Gasteiger charge is 2.28. The van der Waals surface area contributed by atoms with Gasteiger partial charge in [0, 0.05) is 26.2 Å². The van der Waals surface area contributed by atoms with E-state index in [-0.39, 0.29) is 12.7 Å². The normalized spacial score (nSPS) is 15.0. The van der Waals surface area contributed by atoms with Crippen LogP contribution in [-0.2, 0) is 11.3 Å². The molecule has 1 saturated heterocycles. The number of ether oxygens (including phenoxy) is 2. The van der Waals surface area contributed by atoms with Crippen molar-refractivity contribution in [1.29, 1.82) is 0 Å². The third-order valence-corrected chi connectivity index (χ3v) is 5.98.